The van der Waals surface area contributed by atoms with E-state index in [1.807, 2.05) is 0 Å². The molecule has 0 spiro atoms. The average molecular weight is 544 g/mol. The van der Waals surface area contributed by atoms with Crippen molar-refractivity contribution in [3.05, 3.63) is 77.9 Å². The van der Waals surface area contributed by atoms with Gasteiger partial charge in [0, 0.05) is 11.1 Å². The number of rotatable bonds is 4. The van der Waals surface area contributed by atoms with Crippen LogP contribution in [0.3, 0.4) is 0 Å². The number of halogens is 2. The molecule has 0 fully saturated rings. The van der Waals surface area contributed by atoms with Crippen molar-refractivity contribution in [2.75, 3.05) is 0 Å². The van der Waals surface area contributed by atoms with E-state index in [1.54, 1.807) is 0 Å². The number of hydrogen-bond acceptors (Lipinski definition) is 0. The summed E-state index contributed by atoms with van der Waals surface area (Å²) in [5.41, 5.74) is 5.29. The Morgan fingerprint density at radius 3 is 2.03 bits per heavy atom. The van der Waals surface area contributed by atoms with Gasteiger partial charge in [0.25, 0.3) is 0 Å². The van der Waals surface area contributed by atoms with Gasteiger partial charge < -0.3 is 0 Å². The van der Waals surface area contributed by atoms with Gasteiger partial charge in [-0.25, -0.2) is 4.57 Å². The summed E-state index contributed by atoms with van der Waals surface area (Å²) in [6.07, 6.45) is 7.75. The molecule has 3 rings (SSSR count). The molecule has 0 saturated carbocycles. The fourth-order valence-corrected chi connectivity index (χ4v) is 6.45. The molecular weight excluding hydrogens is 513 g/mol. The van der Waals surface area contributed by atoms with E-state index in [0.29, 0.717) is 5.16 Å². The van der Waals surface area contributed by atoms with Gasteiger partial charge in [0.05, 0.1) is 18.4 Å². The van der Waals surface area contributed by atoms with E-state index in [9.17, 15) is 0 Å². The molecule has 2 nitrogen and oxygen atoms in total. The van der Waals surface area contributed by atoms with Gasteiger partial charge in [-0.3, -0.25) is 0 Å². The van der Waals surface area contributed by atoms with Crippen molar-refractivity contribution in [1.82, 2.24) is 9.13 Å². The Kier molecular flexibility index (Phi) is 9.40. The molecule has 0 bridgehead atoms. The van der Waals surface area contributed by atoms with Crippen molar-refractivity contribution in [2.24, 2.45) is 0 Å². The molecule has 3 aromatic rings. The normalized spacial score (nSPS) is 12.4. The van der Waals surface area contributed by atoms with Crippen molar-refractivity contribution in [1.29, 1.82) is 0 Å². The van der Waals surface area contributed by atoms with E-state index < -0.39 is 7.92 Å². The third kappa shape index (κ3) is 6.92. The number of aryl methyl sites for hydroxylation is 3. The molecule has 2 aromatic carbocycles. The van der Waals surface area contributed by atoms with Crippen molar-refractivity contribution in [2.45, 2.75) is 53.0 Å². The van der Waals surface area contributed by atoms with E-state index >= 15 is 0 Å². The second-order valence-electron chi connectivity index (χ2n) is 8.38. The Hall–Kier alpha value is -0.678. The topological polar surface area (TPSA) is 9.86 Å². The van der Waals surface area contributed by atoms with Crippen LogP contribution < -0.4 is 5.30 Å². The monoisotopic (exact) mass is 542 g/mol. The maximum absolute atomic E-state index is 4.81. The number of aromatic nitrogens is 2. The van der Waals surface area contributed by atoms with Crippen LogP contribution in [-0.2, 0) is 22.2 Å². The zero-order valence-corrected chi connectivity index (χ0v) is 22.0. The fraction of sp³-hybridized carbons (Fsp3) is 0.348. The summed E-state index contributed by atoms with van der Waals surface area (Å²) in [4.78, 5) is 0. The van der Waals surface area contributed by atoms with E-state index in [0.717, 1.165) is 6.29 Å². The molecule has 0 aliphatic heterocycles. The minimum absolute atomic E-state index is 0.106. The van der Waals surface area contributed by atoms with Crippen molar-refractivity contribution in [3.8, 4) is 5.69 Å². The minimum atomic E-state index is -0.735. The van der Waals surface area contributed by atoms with Crippen LogP contribution in [0.15, 0.2) is 61.2 Å². The molecule has 0 radical (unpaired) electrons. The maximum atomic E-state index is 4.81. The molecule has 0 N–H and O–H groups in total. The Balaban J connectivity index is 0.000000941. The molecule has 6 heteroatoms. The van der Waals surface area contributed by atoms with E-state index in [-0.39, 0.29) is 15.9 Å². The van der Waals surface area contributed by atoms with Crippen LogP contribution in [0.1, 0.15) is 37.5 Å². The van der Waals surface area contributed by atoms with Gasteiger partial charge in [0.1, 0.15) is 18.1 Å². The molecule has 29 heavy (non-hydrogen) atoms. The Morgan fingerprint density at radius 1 is 0.966 bits per heavy atom. The summed E-state index contributed by atoms with van der Waals surface area (Å²) in [6, 6.07) is 15.6. The zero-order valence-electron chi connectivity index (χ0n) is 17.9. The number of nitrogens with zero attached hydrogens (tertiary/aromatic N) is 2. The van der Waals surface area contributed by atoms with Gasteiger partial charge >= 0.3 is 35.0 Å². The second kappa shape index (κ2) is 11.1. The molecule has 1 unspecified atom stereocenters. The van der Waals surface area contributed by atoms with Crippen molar-refractivity contribution in [3.63, 3.8) is 0 Å². The van der Waals surface area contributed by atoms with Gasteiger partial charge in [-0.2, -0.15) is 4.57 Å². The molecular formula is C23H31Cl2N2PPd+2. The standard InChI is InChI=1S/C23H30N2P.2ClH.Pd/c1-18-14-19(2)22(20(3)15-18)25-13-12-24(16-25)17-26(23(4,5)6)21-10-8-7-9-11-21;;;/h7-16H,17H2,1-6H3;2*1H;/q+1;;;+2/p-1. The summed E-state index contributed by atoms with van der Waals surface area (Å²) >= 11 is -0.106. The summed E-state index contributed by atoms with van der Waals surface area (Å²) < 4.78 is 4.64. The molecule has 160 valence electrons. The van der Waals surface area contributed by atoms with Gasteiger partial charge in [0.15, 0.2) is 12.6 Å². The Labute approximate surface area is 193 Å². The fourth-order valence-electron chi connectivity index (χ4n) is 3.78. The van der Waals surface area contributed by atoms with Crippen molar-refractivity contribution < 1.29 is 15.9 Å². The first-order chi connectivity index (χ1) is 13.7. The predicted octanol–water partition coefficient (Wildman–Crippen LogP) is 7.16. The van der Waals surface area contributed by atoms with Crippen LogP contribution in [0, 0.1) is 20.8 Å². The zero-order chi connectivity index (χ0) is 21.6. The molecule has 0 aliphatic rings. The first-order valence-corrected chi connectivity index (χ1v) is 15.3. The SMILES string of the molecule is Cc1cc(C)c(-n2ccn(C[PH+](c3ccccc3)C(C)(C)C)[cH+]2)c(C)c1.[Cl][Pd][Cl]. The van der Waals surface area contributed by atoms with Gasteiger partial charge in [-0.15, -0.1) is 0 Å². The van der Waals surface area contributed by atoms with Crippen LogP contribution in [-0.4, -0.2) is 14.3 Å². The van der Waals surface area contributed by atoms with Crippen LogP contribution in [0.2, 0.25) is 0 Å². The molecule has 1 heterocycles. The van der Waals surface area contributed by atoms with E-state index in [1.165, 1.54) is 27.7 Å². The Bertz CT molecular complexity index is 897. The van der Waals surface area contributed by atoms with Crippen molar-refractivity contribution >= 4 is 32.3 Å². The molecule has 0 saturated heterocycles. The van der Waals surface area contributed by atoms with Crippen LogP contribution in [0.25, 0.3) is 5.69 Å². The molecule has 1 atom stereocenters. The first-order valence-electron chi connectivity index (χ1n) is 9.56. The first kappa shape index (κ1) is 24.6. The van der Waals surface area contributed by atoms with Gasteiger partial charge in [-0.05, 0) is 71.4 Å². The summed E-state index contributed by atoms with van der Waals surface area (Å²) in [5, 5.41) is 1.81. The quantitative estimate of drug-likeness (QED) is 0.188. The van der Waals surface area contributed by atoms with Crippen LogP contribution >= 0.6 is 27.0 Å². The van der Waals surface area contributed by atoms with Crippen LogP contribution in [0.4, 0.5) is 0 Å². The molecule has 0 amide bonds. The van der Waals surface area contributed by atoms with Gasteiger partial charge in [-0.1, -0.05) is 18.2 Å². The summed E-state index contributed by atoms with van der Waals surface area (Å²) in [5.74, 6) is 0. The average Bonchev–Trinajstić information content (AvgIpc) is 3.07. The number of benzene rings is 2. The van der Waals surface area contributed by atoms with E-state index in [4.69, 9.17) is 19.1 Å². The predicted molar refractivity (Wildman–Crippen MR) is 128 cm³/mol. The number of imidazole rings is 1. The molecule has 0 aliphatic carbocycles. The third-order valence-electron chi connectivity index (χ3n) is 4.95. The summed E-state index contributed by atoms with van der Waals surface area (Å²) in [7, 11) is 8.89. The van der Waals surface area contributed by atoms with Gasteiger partial charge in [0.2, 0.25) is 0 Å². The Morgan fingerprint density at radius 2 is 1.52 bits per heavy atom. The second-order valence-corrected chi connectivity index (χ2v) is 14.1. The van der Waals surface area contributed by atoms with E-state index in [2.05, 4.69) is 112 Å². The van der Waals surface area contributed by atoms with Crippen LogP contribution in [0.5, 0.6) is 0 Å². The third-order valence-corrected chi connectivity index (χ3v) is 8.48. The number of hydrogen-bond donors (Lipinski definition) is 0. The molecule has 1 aromatic heterocycles. The summed E-state index contributed by atoms with van der Waals surface area (Å²) in [6.45, 7) is 13.7.